The van der Waals surface area contributed by atoms with Crippen molar-refractivity contribution < 1.29 is 19.1 Å². The van der Waals surface area contributed by atoms with Crippen molar-refractivity contribution in [2.45, 2.75) is 32.2 Å². The number of carbonyl (C=O) groups excluding carboxylic acids is 2. The van der Waals surface area contributed by atoms with Gasteiger partial charge in [0.2, 0.25) is 5.78 Å². The Morgan fingerprint density at radius 2 is 1.70 bits per heavy atom. The van der Waals surface area contributed by atoms with Gasteiger partial charge in [0.1, 0.15) is 5.58 Å². The molecule has 0 radical (unpaired) electrons. The summed E-state index contributed by atoms with van der Waals surface area (Å²) in [5.74, 6) is -1.72. The second-order valence-electron chi connectivity index (χ2n) is 10.2. The summed E-state index contributed by atoms with van der Waals surface area (Å²) in [6.45, 7) is 6.37. The van der Waals surface area contributed by atoms with Gasteiger partial charge in [-0.1, -0.05) is 86.7 Å². The minimum Gasteiger partial charge on any atom is -0.503 e. The van der Waals surface area contributed by atoms with E-state index < -0.39 is 23.5 Å². The molecule has 7 heteroatoms. The number of fused-ring (bicyclic) bond motifs is 2. The van der Waals surface area contributed by atoms with Gasteiger partial charge < -0.3 is 9.52 Å². The zero-order chi connectivity index (χ0) is 25.9. The van der Waals surface area contributed by atoms with E-state index in [1.54, 1.807) is 12.1 Å². The average Bonchev–Trinajstić information content (AvgIpc) is 3.57. The monoisotopic (exact) mass is 508 g/mol. The van der Waals surface area contributed by atoms with E-state index in [0.717, 1.165) is 21.2 Å². The lowest BCUT2D eigenvalue weighted by atomic mass is 9.85. The maximum Gasteiger partial charge on any atom is 0.296 e. The first-order chi connectivity index (χ1) is 17.7. The first-order valence-corrected chi connectivity index (χ1v) is 12.8. The quantitative estimate of drug-likeness (QED) is 0.261. The van der Waals surface area contributed by atoms with Crippen molar-refractivity contribution in [2.24, 2.45) is 0 Å². The van der Waals surface area contributed by atoms with Crippen LogP contribution in [0, 0.1) is 0 Å². The van der Waals surface area contributed by atoms with Gasteiger partial charge in [-0.15, -0.1) is 0 Å². The smallest absolute Gasteiger partial charge is 0.296 e. The summed E-state index contributed by atoms with van der Waals surface area (Å²) in [6, 6.07) is 23.5. The molecule has 0 aliphatic carbocycles. The number of ketones is 1. The molecule has 1 aliphatic heterocycles. The molecule has 5 aromatic rings. The lowest BCUT2D eigenvalue weighted by molar-refractivity contribution is -0.117. The van der Waals surface area contributed by atoms with Gasteiger partial charge in [-0.05, 0) is 40.8 Å². The van der Waals surface area contributed by atoms with Crippen molar-refractivity contribution >= 4 is 49.3 Å². The highest BCUT2D eigenvalue weighted by Crippen LogP contribution is 2.44. The van der Waals surface area contributed by atoms with Crippen LogP contribution in [0.3, 0.4) is 0 Å². The number of furan rings is 1. The van der Waals surface area contributed by atoms with E-state index in [1.165, 1.54) is 16.2 Å². The normalized spacial score (nSPS) is 16.4. The van der Waals surface area contributed by atoms with Crippen LogP contribution in [0.25, 0.3) is 21.2 Å². The fourth-order valence-corrected chi connectivity index (χ4v) is 5.70. The molecule has 1 atom stereocenters. The first kappa shape index (κ1) is 23.2. The summed E-state index contributed by atoms with van der Waals surface area (Å²) in [7, 11) is 0. The number of thiazole rings is 1. The van der Waals surface area contributed by atoms with E-state index in [4.69, 9.17) is 4.42 Å². The molecule has 0 spiro atoms. The molecule has 2 aromatic heterocycles. The number of amides is 1. The number of hydrogen-bond donors (Lipinski definition) is 1. The molecule has 0 saturated heterocycles. The Labute approximate surface area is 217 Å². The molecular formula is C30H24N2O4S. The van der Waals surface area contributed by atoms with Crippen molar-refractivity contribution in [1.82, 2.24) is 4.98 Å². The first-order valence-electron chi connectivity index (χ1n) is 12.0. The van der Waals surface area contributed by atoms with Crippen molar-refractivity contribution in [3.05, 3.63) is 107 Å². The summed E-state index contributed by atoms with van der Waals surface area (Å²) in [4.78, 5) is 33.4. The van der Waals surface area contributed by atoms with Crippen LogP contribution in [0.15, 0.2) is 94.6 Å². The van der Waals surface area contributed by atoms with Gasteiger partial charge in [-0.3, -0.25) is 14.5 Å². The maximum atomic E-state index is 13.8. The van der Waals surface area contributed by atoms with Gasteiger partial charge in [0, 0.05) is 5.39 Å². The number of anilines is 1. The second kappa shape index (κ2) is 8.42. The summed E-state index contributed by atoms with van der Waals surface area (Å²) in [5, 5.41) is 12.3. The fourth-order valence-electron chi connectivity index (χ4n) is 4.70. The molecule has 1 amide bonds. The van der Waals surface area contributed by atoms with Crippen molar-refractivity contribution in [3.63, 3.8) is 0 Å². The predicted octanol–water partition coefficient (Wildman–Crippen LogP) is 7.12. The summed E-state index contributed by atoms with van der Waals surface area (Å²) >= 11 is 1.34. The maximum absolute atomic E-state index is 13.8. The third-order valence-corrected chi connectivity index (χ3v) is 7.72. The molecule has 37 heavy (non-hydrogen) atoms. The number of hydrogen-bond acceptors (Lipinski definition) is 6. The van der Waals surface area contributed by atoms with Gasteiger partial charge in [0.25, 0.3) is 5.91 Å². The molecule has 0 fully saturated rings. The topological polar surface area (TPSA) is 83.6 Å². The molecule has 1 unspecified atom stereocenters. The molecule has 184 valence electrons. The van der Waals surface area contributed by atoms with Gasteiger partial charge in [0.15, 0.2) is 16.7 Å². The summed E-state index contributed by atoms with van der Waals surface area (Å²) in [6.07, 6.45) is 0. The predicted molar refractivity (Wildman–Crippen MR) is 145 cm³/mol. The minimum absolute atomic E-state index is 0.0215. The van der Waals surface area contributed by atoms with Crippen molar-refractivity contribution in [3.8, 4) is 0 Å². The van der Waals surface area contributed by atoms with Crippen LogP contribution < -0.4 is 4.90 Å². The van der Waals surface area contributed by atoms with E-state index >= 15 is 0 Å². The standard InChI is InChI=1S/C30H24N2O4S/c1-30(2,3)19-14-12-17(13-15-19)25-24(26(33)22-16-18-8-4-6-10-21(18)36-22)27(34)28(35)32(25)29-31-20-9-5-7-11-23(20)37-29/h4-16,25,34H,1-3H3. The molecule has 6 rings (SSSR count). The Balaban J connectivity index is 1.51. The van der Waals surface area contributed by atoms with Crippen LogP contribution in [0.1, 0.15) is 48.5 Å². The average molecular weight is 509 g/mol. The van der Waals surface area contributed by atoms with Crippen LogP contribution >= 0.6 is 11.3 Å². The summed E-state index contributed by atoms with van der Waals surface area (Å²) in [5.41, 5.74) is 3.03. The lowest BCUT2D eigenvalue weighted by Gasteiger charge is -2.25. The highest BCUT2D eigenvalue weighted by Gasteiger charge is 2.46. The fraction of sp³-hybridized carbons (Fsp3) is 0.167. The molecule has 6 nitrogen and oxygen atoms in total. The molecular weight excluding hydrogens is 484 g/mol. The van der Waals surface area contributed by atoms with Gasteiger partial charge in [-0.25, -0.2) is 4.98 Å². The molecule has 0 bridgehead atoms. The number of rotatable bonds is 4. The van der Waals surface area contributed by atoms with E-state index in [2.05, 4.69) is 25.8 Å². The van der Waals surface area contributed by atoms with Crippen LogP contribution in [-0.2, 0) is 10.2 Å². The number of aromatic nitrogens is 1. The third kappa shape index (κ3) is 3.83. The van der Waals surface area contributed by atoms with Crippen molar-refractivity contribution in [1.29, 1.82) is 0 Å². The highest BCUT2D eigenvalue weighted by atomic mass is 32.1. The Bertz CT molecular complexity index is 1650. The van der Waals surface area contributed by atoms with Gasteiger partial charge in [-0.2, -0.15) is 0 Å². The Hall–Kier alpha value is -4.23. The zero-order valence-corrected chi connectivity index (χ0v) is 21.4. The number of Topliss-reactive ketones (excluding diaryl/α,β-unsaturated/α-hetero) is 1. The zero-order valence-electron chi connectivity index (χ0n) is 20.6. The van der Waals surface area contributed by atoms with E-state index in [9.17, 15) is 14.7 Å². The SMILES string of the molecule is CC(C)(C)c1ccc(C2C(C(=O)c3cc4ccccc4o3)=C(O)C(=O)N2c2nc3ccccc3s2)cc1. The van der Waals surface area contributed by atoms with Crippen LogP contribution in [0.2, 0.25) is 0 Å². The molecule has 1 aliphatic rings. The Morgan fingerprint density at radius 3 is 2.41 bits per heavy atom. The molecule has 3 aromatic carbocycles. The van der Waals surface area contributed by atoms with Gasteiger partial charge >= 0.3 is 0 Å². The van der Waals surface area contributed by atoms with Crippen molar-refractivity contribution in [2.75, 3.05) is 4.90 Å². The van der Waals surface area contributed by atoms with E-state index in [-0.39, 0.29) is 16.7 Å². The number of benzene rings is 3. The molecule has 3 heterocycles. The summed E-state index contributed by atoms with van der Waals surface area (Å²) < 4.78 is 6.73. The lowest BCUT2D eigenvalue weighted by Crippen LogP contribution is -2.31. The Morgan fingerprint density at radius 1 is 1.00 bits per heavy atom. The second-order valence-corrected chi connectivity index (χ2v) is 11.2. The number of nitrogens with zero attached hydrogens (tertiary/aromatic N) is 2. The third-order valence-electron chi connectivity index (χ3n) is 6.68. The molecule has 0 saturated carbocycles. The largest absolute Gasteiger partial charge is 0.503 e. The number of aliphatic hydroxyl groups excluding tert-OH is 1. The minimum atomic E-state index is -0.859. The Kier molecular flexibility index (Phi) is 5.28. The number of carbonyl (C=O) groups is 2. The van der Waals surface area contributed by atoms with E-state index in [1.807, 2.05) is 66.7 Å². The highest BCUT2D eigenvalue weighted by molar-refractivity contribution is 7.22. The van der Waals surface area contributed by atoms with Gasteiger partial charge in [0.05, 0.1) is 21.8 Å². The van der Waals surface area contributed by atoms with Crippen LogP contribution in [-0.4, -0.2) is 21.8 Å². The number of aliphatic hydroxyl groups is 1. The van der Waals surface area contributed by atoms with E-state index in [0.29, 0.717) is 16.3 Å². The van der Waals surface area contributed by atoms with Crippen LogP contribution in [0.5, 0.6) is 0 Å². The molecule has 1 N–H and O–H groups in total. The number of para-hydroxylation sites is 2. The van der Waals surface area contributed by atoms with Crippen LogP contribution in [0.4, 0.5) is 5.13 Å².